The van der Waals surface area contributed by atoms with Crippen LogP contribution in [0.3, 0.4) is 0 Å². The molecule has 0 heterocycles. The van der Waals surface area contributed by atoms with E-state index >= 15 is 0 Å². The van der Waals surface area contributed by atoms with Gasteiger partial charge in [0.2, 0.25) is 11.8 Å². The van der Waals surface area contributed by atoms with Crippen molar-refractivity contribution in [3.8, 4) is 5.75 Å². The molecule has 39 heavy (non-hydrogen) atoms. The Kier molecular flexibility index (Phi) is 10.7. The smallest absolute Gasteiger partial charge is 0.408 e. The fourth-order valence-electron chi connectivity index (χ4n) is 4.03. The van der Waals surface area contributed by atoms with Crippen LogP contribution in [-0.2, 0) is 19.1 Å². The first-order valence-electron chi connectivity index (χ1n) is 12.6. The van der Waals surface area contributed by atoms with Crippen LogP contribution in [0, 0.1) is 13.8 Å². The summed E-state index contributed by atoms with van der Waals surface area (Å²) < 4.78 is 5.31. The van der Waals surface area contributed by atoms with Gasteiger partial charge in [-0.2, -0.15) is 0 Å². The minimum absolute atomic E-state index is 0.0810. The van der Waals surface area contributed by atoms with E-state index in [4.69, 9.17) is 10.5 Å². The highest BCUT2D eigenvalue weighted by atomic mass is 16.6. The highest BCUT2D eigenvalue weighted by Gasteiger charge is 2.36. The van der Waals surface area contributed by atoms with Crippen molar-refractivity contribution in [1.29, 1.82) is 0 Å². The molecular formula is C29H38N4O6. The zero-order valence-electron chi connectivity index (χ0n) is 23.1. The summed E-state index contributed by atoms with van der Waals surface area (Å²) in [6.07, 6.45) is 0.266. The summed E-state index contributed by atoms with van der Waals surface area (Å²) >= 11 is 0. The zero-order valence-corrected chi connectivity index (χ0v) is 23.1. The number of alkyl carbamates (subject to hydrolysis) is 1. The molecule has 0 saturated heterocycles. The van der Waals surface area contributed by atoms with Gasteiger partial charge in [0.25, 0.3) is 5.91 Å². The van der Waals surface area contributed by atoms with Crippen molar-refractivity contribution in [3.05, 3.63) is 71.8 Å². The number of phenols is 1. The molecular weight excluding hydrogens is 500 g/mol. The van der Waals surface area contributed by atoms with E-state index in [0.29, 0.717) is 11.3 Å². The number of nitrogens with two attached hydrogens (primary N) is 1. The molecule has 4 amide bonds. The average molecular weight is 539 g/mol. The van der Waals surface area contributed by atoms with Crippen LogP contribution in [0.15, 0.2) is 55.1 Å². The number of rotatable bonds is 11. The molecule has 10 nitrogen and oxygen atoms in total. The van der Waals surface area contributed by atoms with Crippen LogP contribution in [0.1, 0.15) is 56.3 Å². The highest BCUT2D eigenvalue weighted by Crippen LogP contribution is 2.29. The third kappa shape index (κ3) is 9.17. The van der Waals surface area contributed by atoms with Crippen molar-refractivity contribution in [2.75, 3.05) is 11.9 Å². The number of amides is 4. The van der Waals surface area contributed by atoms with Gasteiger partial charge in [-0.15, -0.1) is 6.58 Å². The molecule has 2 aromatic rings. The van der Waals surface area contributed by atoms with Crippen LogP contribution >= 0.6 is 0 Å². The molecule has 0 aliphatic carbocycles. The summed E-state index contributed by atoms with van der Waals surface area (Å²) in [4.78, 5) is 53.2. The minimum Gasteiger partial charge on any atom is -0.508 e. The standard InChI is InChI=1S/C29H38N4O6/c1-7-16-33(27(37)22(14-15-23(30)35)31-28(38)39-29(4,5)6)25(20-12-9-13-21(34)17-20)26(36)32-24-18(2)10-8-11-19(24)3/h7-13,17,22,25,34H,1,14-16H2,2-6H3,(H2,30,35)(H,31,38)(H,32,36). The fourth-order valence-corrected chi connectivity index (χ4v) is 4.03. The minimum atomic E-state index is -1.24. The second-order valence-corrected chi connectivity index (χ2v) is 10.2. The molecule has 0 radical (unpaired) electrons. The van der Waals surface area contributed by atoms with Crippen molar-refractivity contribution < 1.29 is 29.0 Å². The molecule has 2 unspecified atom stereocenters. The topological polar surface area (TPSA) is 151 Å². The number of ether oxygens (including phenoxy) is 1. The van der Waals surface area contributed by atoms with Crippen molar-refractivity contribution in [1.82, 2.24) is 10.2 Å². The molecule has 210 valence electrons. The number of aromatic hydroxyl groups is 1. The molecule has 0 aliphatic heterocycles. The van der Waals surface area contributed by atoms with Gasteiger partial charge in [-0.1, -0.05) is 36.4 Å². The maximum atomic E-state index is 14.0. The Bertz CT molecular complexity index is 1200. The molecule has 0 spiro atoms. The third-order valence-electron chi connectivity index (χ3n) is 5.75. The normalized spacial score (nSPS) is 12.5. The predicted octanol–water partition coefficient (Wildman–Crippen LogP) is 3.86. The number of carbonyl (C=O) groups is 4. The van der Waals surface area contributed by atoms with Gasteiger partial charge in [-0.05, 0) is 69.9 Å². The van der Waals surface area contributed by atoms with Gasteiger partial charge >= 0.3 is 6.09 Å². The number of para-hydroxylation sites is 1. The Morgan fingerprint density at radius 3 is 2.26 bits per heavy atom. The van der Waals surface area contributed by atoms with Crippen LogP contribution in [0.4, 0.5) is 10.5 Å². The van der Waals surface area contributed by atoms with Crippen LogP contribution in [0.2, 0.25) is 0 Å². The number of primary amides is 1. The summed E-state index contributed by atoms with van der Waals surface area (Å²) in [7, 11) is 0. The maximum absolute atomic E-state index is 14.0. The van der Waals surface area contributed by atoms with Gasteiger partial charge in [-0.25, -0.2) is 4.79 Å². The Labute approximate surface area is 229 Å². The lowest BCUT2D eigenvalue weighted by atomic mass is 10.0. The van der Waals surface area contributed by atoms with Crippen LogP contribution in [-0.4, -0.2) is 52.0 Å². The van der Waals surface area contributed by atoms with Gasteiger partial charge in [0.15, 0.2) is 0 Å². The molecule has 0 aliphatic rings. The quantitative estimate of drug-likeness (QED) is 0.319. The first-order chi connectivity index (χ1) is 18.2. The van der Waals surface area contributed by atoms with Crippen molar-refractivity contribution in [3.63, 3.8) is 0 Å². The first-order valence-corrected chi connectivity index (χ1v) is 12.6. The summed E-state index contributed by atoms with van der Waals surface area (Å²) in [5, 5.41) is 15.6. The first kappa shape index (κ1) is 30.9. The Hall–Kier alpha value is -4.34. The highest BCUT2D eigenvalue weighted by molar-refractivity contribution is 6.00. The second-order valence-electron chi connectivity index (χ2n) is 10.2. The van der Waals surface area contributed by atoms with E-state index in [2.05, 4.69) is 17.2 Å². The van der Waals surface area contributed by atoms with E-state index in [1.165, 1.54) is 23.1 Å². The van der Waals surface area contributed by atoms with Gasteiger partial charge in [0.1, 0.15) is 23.4 Å². The second kappa shape index (κ2) is 13.5. The number of nitrogens with zero attached hydrogens (tertiary/aromatic N) is 1. The van der Waals surface area contributed by atoms with Crippen molar-refractivity contribution in [2.24, 2.45) is 5.73 Å². The monoisotopic (exact) mass is 538 g/mol. The average Bonchev–Trinajstić information content (AvgIpc) is 2.82. The van der Waals surface area contributed by atoms with Crippen LogP contribution in [0.5, 0.6) is 5.75 Å². The number of benzene rings is 2. The molecule has 0 saturated carbocycles. The lowest BCUT2D eigenvalue weighted by molar-refractivity contribution is -0.140. The predicted molar refractivity (Wildman–Crippen MR) is 149 cm³/mol. The summed E-state index contributed by atoms with van der Waals surface area (Å²) in [6, 6.07) is 9.11. The summed E-state index contributed by atoms with van der Waals surface area (Å²) in [6.45, 7) is 12.4. The molecule has 0 bridgehead atoms. The fraction of sp³-hybridized carbons (Fsp3) is 0.379. The van der Waals surface area contributed by atoms with Gasteiger partial charge < -0.3 is 31.1 Å². The summed E-state index contributed by atoms with van der Waals surface area (Å²) in [5.41, 5.74) is 7.06. The van der Waals surface area contributed by atoms with E-state index in [1.54, 1.807) is 32.9 Å². The molecule has 2 rings (SSSR count). The zero-order chi connectivity index (χ0) is 29.3. The molecule has 0 aromatic heterocycles. The van der Waals surface area contributed by atoms with Crippen molar-refractivity contribution >= 4 is 29.5 Å². The number of carbonyl (C=O) groups excluding carboxylic acids is 4. The Balaban J connectivity index is 2.55. The van der Waals surface area contributed by atoms with E-state index in [1.807, 2.05) is 32.0 Å². The third-order valence-corrected chi connectivity index (χ3v) is 5.75. The van der Waals surface area contributed by atoms with E-state index in [-0.39, 0.29) is 25.1 Å². The van der Waals surface area contributed by atoms with Gasteiger partial charge in [0.05, 0.1) is 0 Å². The Morgan fingerprint density at radius 1 is 1.10 bits per heavy atom. The number of hydrogen-bond acceptors (Lipinski definition) is 6. The Morgan fingerprint density at radius 2 is 1.72 bits per heavy atom. The SMILES string of the molecule is C=CCN(C(=O)C(CCC(N)=O)NC(=O)OC(C)(C)C)C(C(=O)Nc1c(C)cccc1C)c1cccc(O)c1. The largest absolute Gasteiger partial charge is 0.508 e. The van der Waals surface area contributed by atoms with Gasteiger partial charge in [0, 0.05) is 18.7 Å². The number of phenolic OH excluding ortho intramolecular Hbond substituents is 1. The summed E-state index contributed by atoms with van der Waals surface area (Å²) in [5.74, 6) is -1.96. The molecule has 10 heteroatoms. The number of nitrogens with one attached hydrogen (secondary N) is 2. The molecule has 2 aromatic carbocycles. The lowest BCUT2D eigenvalue weighted by Crippen LogP contribution is -2.52. The molecule has 2 atom stereocenters. The molecule has 0 fully saturated rings. The maximum Gasteiger partial charge on any atom is 0.408 e. The lowest BCUT2D eigenvalue weighted by Gasteiger charge is -2.34. The van der Waals surface area contributed by atoms with Gasteiger partial charge in [-0.3, -0.25) is 14.4 Å². The van der Waals surface area contributed by atoms with Crippen LogP contribution < -0.4 is 16.4 Å². The number of anilines is 1. The molecule has 5 N–H and O–H groups in total. The van der Waals surface area contributed by atoms with E-state index in [0.717, 1.165) is 11.1 Å². The van der Waals surface area contributed by atoms with E-state index in [9.17, 15) is 24.3 Å². The number of hydrogen-bond donors (Lipinski definition) is 4. The number of aryl methyl sites for hydroxylation is 2. The van der Waals surface area contributed by atoms with Crippen molar-refractivity contribution in [2.45, 2.75) is 65.1 Å². The van der Waals surface area contributed by atoms with Crippen LogP contribution in [0.25, 0.3) is 0 Å². The van der Waals surface area contributed by atoms with E-state index < -0.39 is 41.5 Å².